The summed E-state index contributed by atoms with van der Waals surface area (Å²) in [7, 11) is 0. The number of aromatic nitrogens is 2. The first-order valence-corrected chi connectivity index (χ1v) is 6.72. The number of rotatable bonds is 2. The number of aromatic amines is 1. The second-order valence-electron chi connectivity index (χ2n) is 3.62. The fourth-order valence-electron chi connectivity index (χ4n) is 1.40. The number of nitrogens with zero attached hydrogens (tertiary/aromatic N) is 1. The molecule has 0 unspecified atom stereocenters. The van der Waals surface area contributed by atoms with Crippen LogP contribution in [0.2, 0.25) is 0 Å². The number of aromatic hydroxyl groups is 1. The van der Waals surface area contributed by atoms with Crippen molar-refractivity contribution < 1.29 is 18.3 Å². The lowest BCUT2D eigenvalue weighted by Crippen LogP contribution is -2.09. The Morgan fingerprint density at radius 2 is 1.85 bits per heavy atom. The van der Waals surface area contributed by atoms with E-state index in [1.807, 2.05) is 0 Å². The maximum absolute atomic E-state index is 12.2. The number of benzene rings is 1. The van der Waals surface area contributed by atoms with Gasteiger partial charge in [-0.25, -0.2) is 0 Å². The summed E-state index contributed by atoms with van der Waals surface area (Å²) in [6.07, 6.45) is 0. The van der Waals surface area contributed by atoms with E-state index < -0.39 is 16.9 Å². The van der Waals surface area contributed by atoms with Gasteiger partial charge in [0, 0.05) is 10.5 Å². The van der Waals surface area contributed by atoms with E-state index in [0.29, 0.717) is 5.56 Å². The van der Waals surface area contributed by atoms with E-state index in [0.717, 1.165) is 0 Å². The van der Waals surface area contributed by atoms with Gasteiger partial charge in [-0.1, -0.05) is 12.1 Å². The zero-order chi connectivity index (χ0) is 14.9. The van der Waals surface area contributed by atoms with Crippen LogP contribution in [0.25, 0.3) is 11.4 Å². The predicted molar refractivity (Wildman–Crippen MR) is 71.6 cm³/mol. The topological polar surface area (TPSA) is 66.0 Å². The maximum atomic E-state index is 12.2. The SMILES string of the molecule is O=c1[nH]c(-c2ccc(SC(F)(F)F)cc2)nc(O)c1Br. The molecule has 0 bridgehead atoms. The Hall–Kier alpha value is -1.48. The second-order valence-corrected chi connectivity index (χ2v) is 5.56. The van der Waals surface area contributed by atoms with Crippen LogP contribution in [-0.4, -0.2) is 20.6 Å². The van der Waals surface area contributed by atoms with Gasteiger partial charge in [0.1, 0.15) is 10.3 Å². The van der Waals surface area contributed by atoms with Crippen molar-refractivity contribution in [3.63, 3.8) is 0 Å². The average Bonchev–Trinajstić information content (AvgIpc) is 2.34. The van der Waals surface area contributed by atoms with Crippen LogP contribution in [0, 0.1) is 0 Å². The Morgan fingerprint density at radius 1 is 1.25 bits per heavy atom. The molecule has 0 amide bonds. The fourth-order valence-corrected chi connectivity index (χ4v) is 2.13. The highest BCUT2D eigenvalue weighted by Gasteiger charge is 2.29. The van der Waals surface area contributed by atoms with Gasteiger partial charge < -0.3 is 10.1 Å². The quantitative estimate of drug-likeness (QED) is 0.798. The van der Waals surface area contributed by atoms with Crippen LogP contribution in [0.3, 0.4) is 0 Å². The third-order valence-corrected chi connectivity index (χ3v) is 3.66. The standard InChI is InChI=1S/C11H6BrF3N2O2S/c12-7-9(18)16-8(17-10(7)19)5-1-3-6(4-2-5)20-11(13,14)15/h1-4H,(H2,16,17,18,19). The summed E-state index contributed by atoms with van der Waals surface area (Å²) in [5, 5.41) is 9.42. The number of alkyl halides is 3. The number of H-pyrrole nitrogens is 1. The van der Waals surface area contributed by atoms with Gasteiger partial charge in [-0.15, -0.1) is 0 Å². The second kappa shape index (κ2) is 5.49. The summed E-state index contributed by atoms with van der Waals surface area (Å²) in [6, 6.07) is 5.26. The number of thioether (sulfide) groups is 1. The zero-order valence-electron chi connectivity index (χ0n) is 9.53. The molecule has 1 heterocycles. The minimum absolute atomic E-state index is 0.0185. The summed E-state index contributed by atoms with van der Waals surface area (Å²) in [6.45, 7) is 0. The Labute approximate surface area is 123 Å². The molecule has 0 aliphatic heterocycles. The van der Waals surface area contributed by atoms with E-state index in [2.05, 4.69) is 25.9 Å². The molecule has 2 N–H and O–H groups in total. The first kappa shape index (κ1) is 14.9. The van der Waals surface area contributed by atoms with Crippen molar-refractivity contribution in [2.24, 2.45) is 0 Å². The molecular formula is C11H6BrF3N2O2S. The molecule has 0 fully saturated rings. The Morgan fingerprint density at radius 3 is 2.35 bits per heavy atom. The Kier molecular flexibility index (Phi) is 4.09. The fraction of sp³-hybridized carbons (Fsp3) is 0.0909. The summed E-state index contributed by atoms with van der Waals surface area (Å²) < 4.78 is 36.4. The molecule has 0 aliphatic carbocycles. The first-order chi connectivity index (χ1) is 9.26. The van der Waals surface area contributed by atoms with Crippen LogP contribution in [0.4, 0.5) is 13.2 Å². The maximum Gasteiger partial charge on any atom is 0.446 e. The predicted octanol–water partition coefficient (Wildman–Crippen LogP) is 3.52. The molecule has 2 rings (SSSR count). The zero-order valence-corrected chi connectivity index (χ0v) is 11.9. The molecule has 0 spiro atoms. The summed E-state index contributed by atoms with van der Waals surface area (Å²) in [5.41, 5.74) is -4.55. The molecule has 1 aromatic carbocycles. The van der Waals surface area contributed by atoms with Gasteiger partial charge in [-0.05, 0) is 39.8 Å². The van der Waals surface area contributed by atoms with Gasteiger partial charge in [0.2, 0.25) is 5.88 Å². The van der Waals surface area contributed by atoms with Crippen LogP contribution < -0.4 is 5.56 Å². The third-order valence-electron chi connectivity index (χ3n) is 2.21. The molecular weight excluding hydrogens is 361 g/mol. The molecule has 9 heteroatoms. The van der Waals surface area contributed by atoms with Gasteiger partial charge >= 0.3 is 5.51 Å². The van der Waals surface area contributed by atoms with Crippen LogP contribution >= 0.6 is 27.7 Å². The number of hydrogen-bond acceptors (Lipinski definition) is 4. The molecule has 4 nitrogen and oxygen atoms in total. The van der Waals surface area contributed by atoms with E-state index in [1.54, 1.807) is 0 Å². The number of halogens is 4. The van der Waals surface area contributed by atoms with E-state index in [9.17, 15) is 23.1 Å². The molecule has 0 radical (unpaired) electrons. The monoisotopic (exact) mass is 366 g/mol. The lowest BCUT2D eigenvalue weighted by atomic mass is 10.2. The summed E-state index contributed by atoms with van der Waals surface area (Å²) in [4.78, 5) is 17.6. The van der Waals surface area contributed by atoms with Gasteiger partial charge in [0.15, 0.2) is 0 Å². The van der Waals surface area contributed by atoms with E-state index in [-0.39, 0.29) is 27.0 Å². The minimum Gasteiger partial charge on any atom is -0.492 e. The lowest BCUT2D eigenvalue weighted by Gasteiger charge is -2.06. The highest BCUT2D eigenvalue weighted by molar-refractivity contribution is 9.10. The molecule has 1 aromatic heterocycles. The van der Waals surface area contributed by atoms with Crippen molar-refractivity contribution in [1.29, 1.82) is 0 Å². The van der Waals surface area contributed by atoms with Crippen LogP contribution in [0.5, 0.6) is 5.88 Å². The largest absolute Gasteiger partial charge is 0.492 e. The minimum atomic E-state index is -4.36. The summed E-state index contributed by atoms with van der Waals surface area (Å²) >= 11 is 2.61. The highest BCUT2D eigenvalue weighted by Crippen LogP contribution is 2.37. The van der Waals surface area contributed by atoms with E-state index in [4.69, 9.17) is 0 Å². The van der Waals surface area contributed by atoms with Crippen molar-refractivity contribution in [1.82, 2.24) is 9.97 Å². The molecule has 20 heavy (non-hydrogen) atoms. The molecule has 0 aliphatic rings. The van der Waals surface area contributed by atoms with Crippen LogP contribution in [-0.2, 0) is 0 Å². The van der Waals surface area contributed by atoms with E-state index in [1.165, 1.54) is 24.3 Å². The Balaban J connectivity index is 2.33. The molecule has 0 saturated heterocycles. The number of nitrogens with one attached hydrogen (secondary N) is 1. The third kappa shape index (κ3) is 3.54. The molecule has 0 atom stereocenters. The van der Waals surface area contributed by atoms with Crippen molar-refractivity contribution in [3.8, 4) is 17.3 Å². The first-order valence-electron chi connectivity index (χ1n) is 5.11. The normalized spacial score (nSPS) is 11.6. The van der Waals surface area contributed by atoms with Gasteiger partial charge in [-0.3, -0.25) is 4.79 Å². The van der Waals surface area contributed by atoms with Gasteiger partial charge in [-0.2, -0.15) is 18.2 Å². The highest BCUT2D eigenvalue weighted by atomic mass is 79.9. The molecule has 0 saturated carbocycles. The summed E-state index contributed by atoms with van der Waals surface area (Å²) in [5.74, 6) is -0.420. The van der Waals surface area contributed by atoms with Gasteiger partial charge in [0.05, 0.1) is 0 Å². The van der Waals surface area contributed by atoms with Crippen LogP contribution in [0.1, 0.15) is 0 Å². The van der Waals surface area contributed by atoms with Crippen molar-refractivity contribution >= 4 is 27.7 Å². The Bertz CT molecular complexity index is 686. The smallest absolute Gasteiger partial charge is 0.446 e. The van der Waals surface area contributed by atoms with E-state index >= 15 is 0 Å². The number of hydrogen-bond donors (Lipinski definition) is 2. The molecule has 106 valence electrons. The molecule has 2 aromatic rings. The van der Waals surface area contributed by atoms with Crippen molar-refractivity contribution in [2.75, 3.05) is 0 Å². The lowest BCUT2D eigenvalue weighted by molar-refractivity contribution is -0.0328. The average molecular weight is 367 g/mol. The van der Waals surface area contributed by atoms with Gasteiger partial charge in [0.25, 0.3) is 5.56 Å². The van der Waals surface area contributed by atoms with Crippen molar-refractivity contribution in [3.05, 3.63) is 39.1 Å². The van der Waals surface area contributed by atoms with Crippen molar-refractivity contribution in [2.45, 2.75) is 10.4 Å². The van der Waals surface area contributed by atoms with Crippen LogP contribution in [0.15, 0.2) is 38.4 Å².